The summed E-state index contributed by atoms with van der Waals surface area (Å²) in [4.78, 5) is 2.38. The molecule has 1 aliphatic heterocycles. The van der Waals surface area contributed by atoms with E-state index in [2.05, 4.69) is 40.7 Å². The Labute approximate surface area is 99.6 Å². The molecule has 2 nitrogen and oxygen atoms in total. The molecule has 2 N–H and O–H groups in total. The maximum Gasteiger partial charge on any atom is 0.0611 e. The van der Waals surface area contributed by atoms with Crippen molar-refractivity contribution in [2.45, 2.75) is 20.3 Å². The van der Waals surface area contributed by atoms with Crippen LogP contribution in [0.5, 0.6) is 0 Å². The van der Waals surface area contributed by atoms with Gasteiger partial charge in [0.2, 0.25) is 0 Å². The molecule has 0 aromatic heterocycles. The molecule has 82 valence electrons. The van der Waals surface area contributed by atoms with Crippen molar-refractivity contribution in [3.05, 3.63) is 22.7 Å². The number of benzene rings is 1. The summed E-state index contributed by atoms with van der Waals surface area (Å²) in [5, 5.41) is 0. The van der Waals surface area contributed by atoms with Gasteiger partial charge in [-0.15, -0.1) is 0 Å². The molecule has 1 aliphatic rings. The van der Waals surface area contributed by atoms with Gasteiger partial charge in [0.25, 0.3) is 0 Å². The van der Waals surface area contributed by atoms with Crippen molar-refractivity contribution >= 4 is 27.3 Å². The highest BCUT2D eigenvalue weighted by molar-refractivity contribution is 9.10. The lowest BCUT2D eigenvalue weighted by Gasteiger charge is -2.23. The molecule has 1 aromatic rings. The van der Waals surface area contributed by atoms with Gasteiger partial charge in [0, 0.05) is 17.6 Å². The average molecular weight is 269 g/mol. The molecule has 0 radical (unpaired) electrons. The van der Waals surface area contributed by atoms with Crippen molar-refractivity contribution in [1.82, 2.24) is 0 Å². The Kier molecular flexibility index (Phi) is 2.67. The Morgan fingerprint density at radius 1 is 1.40 bits per heavy atom. The van der Waals surface area contributed by atoms with Crippen LogP contribution in [0.4, 0.5) is 11.4 Å². The van der Waals surface area contributed by atoms with E-state index in [9.17, 15) is 0 Å². The van der Waals surface area contributed by atoms with E-state index in [1.165, 1.54) is 6.42 Å². The second-order valence-electron chi connectivity index (χ2n) is 5.04. The van der Waals surface area contributed by atoms with Gasteiger partial charge in [-0.2, -0.15) is 0 Å². The highest BCUT2D eigenvalue weighted by atomic mass is 79.9. The number of nitrogens with zero attached hydrogens (tertiary/aromatic N) is 1. The molecule has 1 fully saturated rings. The summed E-state index contributed by atoms with van der Waals surface area (Å²) in [6, 6.07) is 6.06. The summed E-state index contributed by atoms with van der Waals surface area (Å²) in [7, 11) is 0. The van der Waals surface area contributed by atoms with Crippen molar-refractivity contribution in [2.75, 3.05) is 23.7 Å². The fourth-order valence-corrected chi connectivity index (χ4v) is 2.46. The molecule has 1 saturated heterocycles. The highest BCUT2D eigenvalue weighted by Crippen LogP contribution is 2.36. The predicted molar refractivity (Wildman–Crippen MR) is 69.2 cm³/mol. The van der Waals surface area contributed by atoms with Crippen LogP contribution in [-0.4, -0.2) is 13.1 Å². The monoisotopic (exact) mass is 268 g/mol. The first-order valence-corrected chi connectivity index (χ1v) is 6.07. The zero-order valence-electron chi connectivity index (χ0n) is 9.26. The minimum atomic E-state index is 0.411. The van der Waals surface area contributed by atoms with E-state index in [-0.39, 0.29) is 0 Å². The fraction of sp³-hybridized carbons (Fsp3) is 0.500. The topological polar surface area (TPSA) is 29.3 Å². The van der Waals surface area contributed by atoms with E-state index < -0.39 is 0 Å². The molecule has 0 aliphatic carbocycles. The van der Waals surface area contributed by atoms with Crippen LogP contribution in [0.15, 0.2) is 22.7 Å². The summed E-state index contributed by atoms with van der Waals surface area (Å²) in [5.41, 5.74) is 8.44. The standard InChI is InChI=1S/C12H17BrN2/c1-12(2)5-6-15(8-12)11-7-9(13)3-4-10(11)14/h3-4,7H,5-6,8,14H2,1-2H3. The molecule has 0 amide bonds. The van der Waals surface area contributed by atoms with Gasteiger partial charge < -0.3 is 10.6 Å². The highest BCUT2D eigenvalue weighted by Gasteiger charge is 2.29. The van der Waals surface area contributed by atoms with Crippen molar-refractivity contribution in [3.8, 4) is 0 Å². The van der Waals surface area contributed by atoms with Gasteiger partial charge in [-0.1, -0.05) is 29.8 Å². The Morgan fingerprint density at radius 3 is 2.73 bits per heavy atom. The molecule has 1 heterocycles. The SMILES string of the molecule is CC1(C)CCN(c2cc(Br)ccc2N)C1. The maximum absolute atomic E-state index is 6.00. The second-order valence-corrected chi connectivity index (χ2v) is 5.95. The van der Waals surface area contributed by atoms with Crippen LogP contribution >= 0.6 is 15.9 Å². The Bertz CT molecular complexity index is 374. The second kappa shape index (κ2) is 3.71. The molecule has 15 heavy (non-hydrogen) atoms. The van der Waals surface area contributed by atoms with Crippen LogP contribution in [0, 0.1) is 5.41 Å². The summed E-state index contributed by atoms with van der Waals surface area (Å²) in [6.45, 7) is 6.81. The van der Waals surface area contributed by atoms with Gasteiger partial charge in [-0.3, -0.25) is 0 Å². The molecule has 0 atom stereocenters. The molecular formula is C12H17BrN2. The summed E-state index contributed by atoms with van der Waals surface area (Å²) < 4.78 is 1.09. The molecule has 0 saturated carbocycles. The first-order valence-electron chi connectivity index (χ1n) is 5.28. The number of hydrogen-bond acceptors (Lipinski definition) is 2. The first-order chi connectivity index (χ1) is 6.98. The average Bonchev–Trinajstić information content (AvgIpc) is 2.50. The smallest absolute Gasteiger partial charge is 0.0611 e. The summed E-state index contributed by atoms with van der Waals surface area (Å²) >= 11 is 3.49. The fourth-order valence-electron chi connectivity index (χ4n) is 2.11. The zero-order chi connectivity index (χ0) is 11.1. The Hall–Kier alpha value is -0.700. The molecular weight excluding hydrogens is 252 g/mol. The van der Waals surface area contributed by atoms with Gasteiger partial charge in [-0.25, -0.2) is 0 Å². The van der Waals surface area contributed by atoms with Crippen LogP contribution in [0.2, 0.25) is 0 Å². The van der Waals surface area contributed by atoms with E-state index in [0.29, 0.717) is 5.41 Å². The van der Waals surface area contributed by atoms with E-state index in [4.69, 9.17) is 5.73 Å². The molecule has 0 spiro atoms. The number of halogens is 1. The van der Waals surface area contributed by atoms with E-state index >= 15 is 0 Å². The zero-order valence-corrected chi connectivity index (χ0v) is 10.8. The minimum absolute atomic E-state index is 0.411. The molecule has 2 rings (SSSR count). The third kappa shape index (κ3) is 2.28. The Balaban J connectivity index is 2.27. The lowest BCUT2D eigenvalue weighted by molar-refractivity contribution is 0.418. The number of anilines is 2. The van der Waals surface area contributed by atoms with Crippen LogP contribution in [0.1, 0.15) is 20.3 Å². The van der Waals surface area contributed by atoms with Gasteiger partial charge in [0.05, 0.1) is 11.4 Å². The van der Waals surface area contributed by atoms with Crippen LogP contribution in [0.3, 0.4) is 0 Å². The first kappa shape index (κ1) is 10.8. The van der Waals surface area contributed by atoms with Gasteiger partial charge in [0.15, 0.2) is 0 Å². The lowest BCUT2D eigenvalue weighted by Crippen LogP contribution is -2.23. The normalized spacial score (nSPS) is 19.5. The van der Waals surface area contributed by atoms with Crippen LogP contribution in [-0.2, 0) is 0 Å². The van der Waals surface area contributed by atoms with Gasteiger partial charge in [-0.05, 0) is 30.0 Å². The number of hydrogen-bond donors (Lipinski definition) is 1. The molecule has 0 unspecified atom stereocenters. The minimum Gasteiger partial charge on any atom is -0.397 e. The van der Waals surface area contributed by atoms with Crippen LogP contribution < -0.4 is 10.6 Å². The van der Waals surface area contributed by atoms with Crippen molar-refractivity contribution in [3.63, 3.8) is 0 Å². The molecule has 0 bridgehead atoms. The molecule has 3 heteroatoms. The number of rotatable bonds is 1. The maximum atomic E-state index is 6.00. The largest absolute Gasteiger partial charge is 0.397 e. The van der Waals surface area contributed by atoms with Crippen LogP contribution in [0.25, 0.3) is 0 Å². The summed E-state index contributed by atoms with van der Waals surface area (Å²) in [5.74, 6) is 0. The van der Waals surface area contributed by atoms with E-state index in [0.717, 1.165) is 28.9 Å². The number of nitrogen functional groups attached to an aromatic ring is 1. The van der Waals surface area contributed by atoms with Crippen molar-refractivity contribution < 1.29 is 0 Å². The number of nitrogens with two attached hydrogens (primary N) is 1. The lowest BCUT2D eigenvalue weighted by atomic mass is 9.93. The quantitative estimate of drug-likeness (QED) is 0.793. The molecule has 1 aromatic carbocycles. The van der Waals surface area contributed by atoms with Gasteiger partial charge >= 0.3 is 0 Å². The van der Waals surface area contributed by atoms with E-state index in [1.54, 1.807) is 0 Å². The third-order valence-corrected chi connectivity index (χ3v) is 3.50. The van der Waals surface area contributed by atoms with Crippen molar-refractivity contribution in [1.29, 1.82) is 0 Å². The van der Waals surface area contributed by atoms with E-state index in [1.807, 2.05) is 12.1 Å². The summed E-state index contributed by atoms with van der Waals surface area (Å²) in [6.07, 6.45) is 1.24. The Morgan fingerprint density at radius 2 is 2.13 bits per heavy atom. The van der Waals surface area contributed by atoms with Crippen molar-refractivity contribution in [2.24, 2.45) is 5.41 Å². The third-order valence-electron chi connectivity index (χ3n) is 3.01. The predicted octanol–water partition coefficient (Wildman–Crippen LogP) is 3.27. The van der Waals surface area contributed by atoms with Gasteiger partial charge in [0.1, 0.15) is 0 Å².